The van der Waals surface area contributed by atoms with Crippen molar-refractivity contribution < 1.29 is 15.3 Å². The van der Waals surface area contributed by atoms with E-state index in [-0.39, 0.29) is 11.3 Å². The predicted octanol–water partition coefficient (Wildman–Crippen LogP) is -0.336. The van der Waals surface area contributed by atoms with Crippen molar-refractivity contribution in [3.8, 4) is 0 Å². The molecule has 66 valence electrons. The number of hydrogen-bond donors (Lipinski definition) is 4. The lowest BCUT2D eigenvalue weighted by atomic mass is 10.1. The third kappa shape index (κ3) is 1.55. The quantitative estimate of drug-likeness (QED) is 0.342. The van der Waals surface area contributed by atoms with Crippen LogP contribution in [0.3, 0.4) is 0 Å². The van der Waals surface area contributed by atoms with Gasteiger partial charge in [-0.25, -0.2) is 0 Å². The Morgan fingerprint density at radius 1 is 1.25 bits per heavy atom. The third-order valence-electron chi connectivity index (χ3n) is 1.69. The molecule has 0 bridgehead atoms. The van der Waals surface area contributed by atoms with Crippen LogP contribution in [0.1, 0.15) is 11.1 Å². The van der Waals surface area contributed by atoms with E-state index < -0.39 is 5.97 Å². The highest BCUT2D eigenvalue weighted by molar-refractivity contribution is 5.54. The van der Waals surface area contributed by atoms with Gasteiger partial charge in [0.15, 0.2) is 0 Å². The smallest absolute Gasteiger partial charge is 0.306 e. The summed E-state index contributed by atoms with van der Waals surface area (Å²) in [5.41, 5.74) is 6.27. The highest BCUT2D eigenvalue weighted by Crippen LogP contribution is 2.24. The maximum Gasteiger partial charge on any atom is 0.306 e. The summed E-state index contributed by atoms with van der Waals surface area (Å²) in [7, 11) is 0. The molecule has 0 aliphatic rings. The van der Waals surface area contributed by atoms with Crippen LogP contribution in [0.15, 0.2) is 18.2 Å². The van der Waals surface area contributed by atoms with Gasteiger partial charge in [-0.1, -0.05) is 12.1 Å². The molecule has 0 saturated heterocycles. The van der Waals surface area contributed by atoms with E-state index in [0.717, 1.165) is 0 Å². The van der Waals surface area contributed by atoms with Crippen LogP contribution in [0, 0.1) is 6.92 Å². The zero-order valence-electron chi connectivity index (χ0n) is 6.65. The molecule has 0 heterocycles. The van der Waals surface area contributed by atoms with Gasteiger partial charge in [-0.2, -0.15) is 0 Å². The van der Waals surface area contributed by atoms with E-state index >= 15 is 0 Å². The Labute approximate surface area is 69.9 Å². The molecule has 1 aromatic rings. The molecule has 5 N–H and O–H groups in total. The van der Waals surface area contributed by atoms with Crippen molar-refractivity contribution in [2.24, 2.45) is 0 Å². The lowest BCUT2D eigenvalue weighted by Gasteiger charge is -2.17. The normalized spacial score (nSPS) is 11.7. The molecular formula is C8H11NO3. The van der Waals surface area contributed by atoms with Gasteiger partial charge in [0.1, 0.15) is 0 Å². The van der Waals surface area contributed by atoms with Crippen molar-refractivity contribution in [1.29, 1.82) is 0 Å². The van der Waals surface area contributed by atoms with Crippen LogP contribution < -0.4 is 5.73 Å². The Hall–Kier alpha value is -1.10. The number of benzene rings is 1. The van der Waals surface area contributed by atoms with Crippen LogP contribution in [0.5, 0.6) is 0 Å². The standard InChI is InChI=1S/C8H11NO3/c1-5-3-2-4-6(7(5)9)8(10,11)12/h2-4,10-12H,9H2,1H3. The van der Waals surface area contributed by atoms with E-state index in [9.17, 15) is 0 Å². The first-order valence-electron chi connectivity index (χ1n) is 3.45. The largest absolute Gasteiger partial charge is 0.398 e. The summed E-state index contributed by atoms with van der Waals surface area (Å²) in [5, 5.41) is 26.5. The second-order valence-corrected chi connectivity index (χ2v) is 2.67. The van der Waals surface area contributed by atoms with Crippen molar-refractivity contribution in [1.82, 2.24) is 0 Å². The Balaban J connectivity index is 3.26. The summed E-state index contributed by atoms with van der Waals surface area (Å²) in [6.45, 7) is 1.71. The first-order valence-corrected chi connectivity index (χ1v) is 3.45. The molecule has 0 spiro atoms. The summed E-state index contributed by atoms with van der Waals surface area (Å²) in [5.74, 6) is -2.85. The summed E-state index contributed by atoms with van der Waals surface area (Å²) in [6.07, 6.45) is 0. The number of aryl methyl sites for hydroxylation is 1. The van der Waals surface area contributed by atoms with Crippen LogP contribution in [0.4, 0.5) is 5.69 Å². The number of anilines is 1. The van der Waals surface area contributed by atoms with Gasteiger partial charge in [0.25, 0.3) is 0 Å². The van der Waals surface area contributed by atoms with Crippen LogP contribution in [0.25, 0.3) is 0 Å². The fourth-order valence-corrected chi connectivity index (χ4v) is 0.973. The zero-order valence-corrected chi connectivity index (χ0v) is 6.65. The Kier molecular flexibility index (Phi) is 2.06. The van der Waals surface area contributed by atoms with Gasteiger partial charge in [0.05, 0.1) is 5.56 Å². The minimum atomic E-state index is -2.85. The molecule has 0 aliphatic heterocycles. The summed E-state index contributed by atoms with van der Waals surface area (Å²) < 4.78 is 0. The molecule has 0 aliphatic carbocycles. The highest BCUT2D eigenvalue weighted by Gasteiger charge is 2.24. The molecule has 4 heteroatoms. The Morgan fingerprint density at radius 3 is 2.25 bits per heavy atom. The predicted molar refractivity (Wildman–Crippen MR) is 43.9 cm³/mol. The molecule has 1 aromatic carbocycles. The number of hydrogen-bond acceptors (Lipinski definition) is 4. The number of para-hydroxylation sites is 1. The fourth-order valence-electron chi connectivity index (χ4n) is 0.973. The molecular weight excluding hydrogens is 158 g/mol. The molecule has 0 fully saturated rings. The average Bonchev–Trinajstić information content (AvgIpc) is 1.92. The van der Waals surface area contributed by atoms with Crippen LogP contribution in [0.2, 0.25) is 0 Å². The molecule has 0 atom stereocenters. The van der Waals surface area contributed by atoms with Crippen LogP contribution in [-0.2, 0) is 5.97 Å². The van der Waals surface area contributed by atoms with E-state index in [4.69, 9.17) is 21.1 Å². The SMILES string of the molecule is Cc1cccc(C(O)(O)O)c1N. The summed E-state index contributed by atoms with van der Waals surface area (Å²) >= 11 is 0. The Bertz CT molecular complexity index is 291. The molecule has 0 aromatic heterocycles. The fraction of sp³-hybridized carbons (Fsp3) is 0.250. The number of nitrogens with two attached hydrogens (primary N) is 1. The second kappa shape index (κ2) is 2.75. The van der Waals surface area contributed by atoms with Gasteiger partial charge in [-0.15, -0.1) is 0 Å². The molecule has 0 unspecified atom stereocenters. The van der Waals surface area contributed by atoms with E-state index in [1.807, 2.05) is 0 Å². The topological polar surface area (TPSA) is 86.7 Å². The maximum absolute atomic E-state index is 8.83. The first kappa shape index (κ1) is 8.99. The van der Waals surface area contributed by atoms with Crippen LogP contribution in [-0.4, -0.2) is 15.3 Å². The van der Waals surface area contributed by atoms with E-state index in [1.54, 1.807) is 19.1 Å². The van der Waals surface area contributed by atoms with Crippen molar-refractivity contribution in [3.63, 3.8) is 0 Å². The molecule has 0 amide bonds. The maximum atomic E-state index is 8.83. The van der Waals surface area contributed by atoms with E-state index in [1.165, 1.54) is 6.07 Å². The van der Waals surface area contributed by atoms with E-state index in [2.05, 4.69) is 0 Å². The minimum absolute atomic E-state index is 0.0949. The van der Waals surface area contributed by atoms with Gasteiger partial charge < -0.3 is 21.1 Å². The molecule has 0 radical (unpaired) electrons. The second-order valence-electron chi connectivity index (χ2n) is 2.67. The van der Waals surface area contributed by atoms with Crippen LogP contribution >= 0.6 is 0 Å². The molecule has 12 heavy (non-hydrogen) atoms. The van der Waals surface area contributed by atoms with Crippen molar-refractivity contribution in [3.05, 3.63) is 29.3 Å². The van der Waals surface area contributed by atoms with Gasteiger partial charge in [-0.3, -0.25) is 0 Å². The highest BCUT2D eigenvalue weighted by atomic mass is 16.7. The van der Waals surface area contributed by atoms with E-state index in [0.29, 0.717) is 5.56 Å². The van der Waals surface area contributed by atoms with Gasteiger partial charge in [0.2, 0.25) is 0 Å². The summed E-state index contributed by atoms with van der Waals surface area (Å²) in [4.78, 5) is 0. The number of rotatable bonds is 1. The third-order valence-corrected chi connectivity index (χ3v) is 1.69. The molecule has 1 rings (SSSR count). The lowest BCUT2D eigenvalue weighted by molar-refractivity contribution is -0.323. The monoisotopic (exact) mass is 169 g/mol. The first-order chi connectivity index (χ1) is 5.43. The van der Waals surface area contributed by atoms with Gasteiger partial charge in [-0.05, 0) is 18.6 Å². The Morgan fingerprint density at radius 2 is 1.83 bits per heavy atom. The number of nitrogen functional groups attached to an aromatic ring is 1. The van der Waals surface area contributed by atoms with Crippen molar-refractivity contribution in [2.45, 2.75) is 12.9 Å². The van der Waals surface area contributed by atoms with Crippen molar-refractivity contribution >= 4 is 5.69 Å². The zero-order chi connectivity index (χ0) is 9.35. The lowest BCUT2D eigenvalue weighted by Crippen LogP contribution is -2.25. The number of aliphatic hydroxyl groups is 3. The van der Waals surface area contributed by atoms with Crippen molar-refractivity contribution in [2.75, 3.05) is 5.73 Å². The average molecular weight is 169 g/mol. The minimum Gasteiger partial charge on any atom is -0.398 e. The van der Waals surface area contributed by atoms with Gasteiger partial charge in [0, 0.05) is 5.69 Å². The summed E-state index contributed by atoms with van der Waals surface area (Å²) in [6, 6.07) is 4.64. The molecule has 0 saturated carbocycles. The molecule has 4 nitrogen and oxygen atoms in total. The van der Waals surface area contributed by atoms with Gasteiger partial charge >= 0.3 is 5.97 Å².